The van der Waals surface area contributed by atoms with Gasteiger partial charge in [0.15, 0.2) is 17.9 Å². The summed E-state index contributed by atoms with van der Waals surface area (Å²) in [7, 11) is 1.45. The van der Waals surface area contributed by atoms with E-state index in [4.69, 9.17) is 4.74 Å². The maximum atomic E-state index is 14.1. The van der Waals surface area contributed by atoms with Crippen molar-refractivity contribution in [3.8, 4) is 5.75 Å². The summed E-state index contributed by atoms with van der Waals surface area (Å²) >= 11 is 0. The third-order valence-corrected chi connectivity index (χ3v) is 5.84. The Balaban J connectivity index is 1.41. The molecule has 0 spiro atoms. The lowest BCUT2D eigenvalue weighted by atomic mass is 10.1. The third-order valence-electron chi connectivity index (χ3n) is 5.84. The summed E-state index contributed by atoms with van der Waals surface area (Å²) in [6.45, 7) is 1.61. The number of aromatic nitrogens is 2. The molecular formula is C23H33FN8O. The zero-order chi connectivity index (χ0) is 22.9. The molecule has 2 aliphatic rings. The van der Waals surface area contributed by atoms with E-state index < -0.39 is 5.82 Å². The number of aliphatic imine (C=N–C) groups is 2. The Morgan fingerprint density at radius 3 is 2.79 bits per heavy atom. The van der Waals surface area contributed by atoms with Gasteiger partial charge in [0.1, 0.15) is 0 Å². The van der Waals surface area contributed by atoms with Gasteiger partial charge >= 0.3 is 0 Å². The van der Waals surface area contributed by atoms with Crippen LogP contribution in [0.3, 0.4) is 0 Å². The molecule has 178 valence electrons. The van der Waals surface area contributed by atoms with Crippen molar-refractivity contribution in [2.24, 2.45) is 9.98 Å². The Hall–Kier alpha value is -3.14. The summed E-state index contributed by atoms with van der Waals surface area (Å²) in [5.74, 6) is 0.816. The van der Waals surface area contributed by atoms with Crippen LogP contribution in [0, 0.1) is 5.82 Å². The van der Waals surface area contributed by atoms with Crippen molar-refractivity contribution in [3.05, 3.63) is 42.7 Å². The van der Waals surface area contributed by atoms with Crippen LogP contribution in [-0.2, 0) is 6.54 Å². The van der Waals surface area contributed by atoms with Gasteiger partial charge in [-0.2, -0.15) is 4.99 Å². The monoisotopic (exact) mass is 456 g/mol. The molecule has 1 unspecified atom stereocenters. The molecule has 1 saturated carbocycles. The Morgan fingerprint density at radius 1 is 1.21 bits per heavy atom. The SMILES string of the molecule is COc1ccc(NC2=NC(NC3CCCCCC3)NC(NCCCn3ccnc3)=N2)cc1F. The number of halogens is 1. The largest absolute Gasteiger partial charge is 0.494 e. The lowest BCUT2D eigenvalue weighted by Gasteiger charge is -2.28. The van der Waals surface area contributed by atoms with E-state index in [-0.39, 0.29) is 12.0 Å². The van der Waals surface area contributed by atoms with Gasteiger partial charge in [0.2, 0.25) is 11.9 Å². The molecule has 9 nitrogen and oxygen atoms in total. The highest BCUT2D eigenvalue weighted by Crippen LogP contribution is 2.21. The minimum Gasteiger partial charge on any atom is -0.494 e. The minimum absolute atomic E-state index is 0.199. The fourth-order valence-corrected chi connectivity index (χ4v) is 4.11. The second-order valence-electron chi connectivity index (χ2n) is 8.37. The summed E-state index contributed by atoms with van der Waals surface area (Å²) in [6, 6.07) is 5.12. The molecule has 4 rings (SSSR count). The molecule has 2 aromatic rings. The first-order valence-electron chi connectivity index (χ1n) is 11.7. The number of imidazole rings is 1. The van der Waals surface area contributed by atoms with Crippen molar-refractivity contribution >= 4 is 17.6 Å². The summed E-state index contributed by atoms with van der Waals surface area (Å²) < 4.78 is 21.2. The van der Waals surface area contributed by atoms with E-state index in [1.165, 1.54) is 38.9 Å². The maximum Gasteiger partial charge on any atom is 0.229 e. The Kier molecular flexibility index (Phi) is 8.13. The summed E-state index contributed by atoms with van der Waals surface area (Å²) in [5.41, 5.74) is 0.561. The molecule has 1 fully saturated rings. The molecule has 1 aliphatic carbocycles. The van der Waals surface area contributed by atoms with Crippen LogP contribution < -0.4 is 26.0 Å². The topological polar surface area (TPSA) is 99.9 Å². The summed E-state index contributed by atoms with van der Waals surface area (Å²) in [4.78, 5) is 13.3. The third kappa shape index (κ3) is 6.92. The maximum absolute atomic E-state index is 14.1. The van der Waals surface area contributed by atoms with Crippen molar-refractivity contribution < 1.29 is 9.13 Å². The smallest absolute Gasteiger partial charge is 0.229 e. The minimum atomic E-state index is -0.438. The van der Waals surface area contributed by atoms with Crippen LogP contribution in [0.25, 0.3) is 0 Å². The molecule has 0 saturated heterocycles. The number of rotatable bonds is 8. The van der Waals surface area contributed by atoms with Crippen molar-refractivity contribution in [3.63, 3.8) is 0 Å². The van der Waals surface area contributed by atoms with E-state index in [1.54, 1.807) is 18.3 Å². The van der Waals surface area contributed by atoms with Gasteiger partial charge in [-0.25, -0.2) is 14.4 Å². The van der Waals surface area contributed by atoms with E-state index in [0.717, 1.165) is 32.4 Å². The van der Waals surface area contributed by atoms with Gasteiger partial charge < -0.3 is 25.3 Å². The lowest BCUT2D eigenvalue weighted by molar-refractivity contribution is 0.380. The highest BCUT2D eigenvalue weighted by atomic mass is 19.1. The fourth-order valence-electron chi connectivity index (χ4n) is 4.11. The standard InChI is InChI=1S/C23H33FN8O/c1-33-20-10-9-18(15-19(20)24)28-23-30-21(26-11-6-13-32-14-12-25-16-32)29-22(31-23)27-17-7-4-2-3-5-8-17/h9-10,12,14-17,22,27H,2-8,11,13H2,1H3,(H3,26,28,29,30,31). The van der Waals surface area contributed by atoms with Crippen LogP contribution in [0.5, 0.6) is 5.75 Å². The van der Waals surface area contributed by atoms with Crippen LogP contribution in [0.2, 0.25) is 0 Å². The predicted octanol–water partition coefficient (Wildman–Crippen LogP) is 3.03. The molecule has 0 amide bonds. The molecular weight excluding hydrogens is 423 g/mol. The first kappa shape index (κ1) is 23.0. The number of ether oxygens (including phenoxy) is 1. The van der Waals surface area contributed by atoms with Gasteiger partial charge in [-0.3, -0.25) is 5.32 Å². The molecule has 4 N–H and O–H groups in total. The quantitative estimate of drug-likeness (QED) is 0.360. The van der Waals surface area contributed by atoms with Crippen molar-refractivity contribution in [2.45, 2.75) is 63.8 Å². The van der Waals surface area contributed by atoms with Crippen LogP contribution in [0.1, 0.15) is 44.9 Å². The number of methoxy groups -OCH3 is 1. The molecule has 1 atom stereocenters. The highest BCUT2D eigenvalue weighted by molar-refractivity contribution is 6.03. The predicted molar refractivity (Wildman–Crippen MR) is 128 cm³/mol. The molecule has 10 heteroatoms. The van der Waals surface area contributed by atoms with Gasteiger partial charge in [0.25, 0.3) is 0 Å². The van der Waals surface area contributed by atoms with Crippen LogP contribution in [-0.4, -0.2) is 47.5 Å². The average Bonchev–Trinajstić information content (AvgIpc) is 3.20. The fraction of sp³-hybridized carbons (Fsp3) is 0.522. The number of nitrogens with one attached hydrogen (secondary N) is 4. The first-order valence-corrected chi connectivity index (χ1v) is 11.7. The molecule has 0 bridgehead atoms. The van der Waals surface area contributed by atoms with E-state index in [2.05, 4.69) is 36.2 Å². The van der Waals surface area contributed by atoms with Gasteiger partial charge in [-0.05, 0) is 31.4 Å². The summed E-state index contributed by atoms with van der Waals surface area (Å²) in [5, 5.41) is 13.5. The van der Waals surface area contributed by atoms with Crippen LogP contribution in [0.15, 0.2) is 46.9 Å². The van der Waals surface area contributed by atoms with Crippen molar-refractivity contribution in [1.29, 1.82) is 0 Å². The molecule has 0 radical (unpaired) electrons. The number of anilines is 1. The second kappa shape index (κ2) is 11.6. The van der Waals surface area contributed by atoms with Crippen molar-refractivity contribution in [2.75, 3.05) is 19.0 Å². The van der Waals surface area contributed by atoms with Gasteiger partial charge in [0, 0.05) is 43.3 Å². The number of guanidine groups is 2. The van der Waals surface area contributed by atoms with Crippen LogP contribution in [0.4, 0.5) is 10.1 Å². The molecule has 2 heterocycles. The van der Waals surface area contributed by atoms with Crippen molar-refractivity contribution in [1.82, 2.24) is 25.5 Å². The van der Waals surface area contributed by atoms with Gasteiger partial charge in [-0.1, -0.05) is 25.7 Å². The second-order valence-corrected chi connectivity index (χ2v) is 8.37. The van der Waals surface area contributed by atoms with E-state index in [1.807, 2.05) is 17.1 Å². The van der Waals surface area contributed by atoms with Crippen LogP contribution >= 0.6 is 0 Å². The van der Waals surface area contributed by atoms with E-state index in [0.29, 0.717) is 23.6 Å². The number of hydrogen-bond donors (Lipinski definition) is 4. The average molecular weight is 457 g/mol. The number of benzene rings is 1. The lowest BCUT2D eigenvalue weighted by Crippen LogP contribution is -2.55. The van der Waals surface area contributed by atoms with E-state index in [9.17, 15) is 4.39 Å². The first-order chi connectivity index (χ1) is 16.2. The molecule has 1 aromatic heterocycles. The Labute approximate surface area is 193 Å². The number of aryl methyl sites for hydroxylation is 1. The number of hydrogen-bond acceptors (Lipinski definition) is 8. The number of nitrogens with zero attached hydrogens (tertiary/aromatic N) is 4. The Morgan fingerprint density at radius 2 is 2.06 bits per heavy atom. The molecule has 1 aliphatic heterocycles. The summed E-state index contributed by atoms with van der Waals surface area (Å²) in [6.07, 6.45) is 13.5. The zero-order valence-electron chi connectivity index (χ0n) is 19.1. The van der Waals surface area contributed by atoms with Gasteiger partial charge in [-0.15, -0.1) is 0 Å². The van der Waals surface area contributed by atoms with E-state index >= 15 is 0 Å². The Bertz CT molecular complexity index is 938. The molecule has 1 aromatic carbocycles. The zero-order valence-corrected chi connectivity index (χ0v) is 19.1. The normalized spacial score (nSPS) is 19.2. The van der Waals surface area contributed by atoms with Gasteiger partial charge in [0.05, 0.1) is 13.4 Å². The molecule has 33 heavy (non-hydrogen) atoms. The highest BCUT2D eigenvalue weighted by Gasteiger charge is 2.21.